The first-order valence-electron chi connectivity index (χ1n) is 5.98. The summed E-state index contributed by atoms with van der Waals surface area (Å²) in [6, 6.07) is 7.83. The van der Waals surface area contributed by atoms with Crippen molar-refractivity contribution in [2.45, 2.75) is 13.8 Å². The highest BCUT2D eigenvalue weighted by Gasteiger charge is 2.63. The number of carboxylic acids is 1. The van der Waals surface area contributed by atoms with E-state index in [1.165, 1.54) is 12.1 Å². The third-order valence-electron chi connectivity index (χ3n) is 3.75. The molecule has 19 heavy (non-hydrogen) atoms. The number of carboxylic acid groups (broad SMARTS) is 1. The van der Waals surface area contributed by atoms with Crippen molar-refractivity contribution >= 4 is 12.0 Å². The molecule has 1 saturated carbocycles. The number of nitriles is 1. The zero-order chi connectivity index (χ0) is 14.2. The summed E-state index contributed by atoms with van der Waals surface area (Å²) in [7, 11) is 0. The van der Waals surface area contributed by atoms with Gasteiger partial charge in [0.05, 0.1) is 12.0 Å². The van der Waals surface area contributed by atoms with E-state index in [2.05, 4.69) is 6.07 Å². The molecule has 2 atom stereocenters. The van der Waals surface area contributed by atoms with Gasteiger partial charge in [-0.15, -0.1) is 0 Å². The molecule has 0 radical (unpaired) electrons. The SMILES string of the molecule is CC1(C)[C@H](C(=O)O)[C@H]1C(C#N)=Cc1ccc(F)cc1. The summed E-state index contributed by atoms with van der Waals surface area (Å²) in [4.78, 5) is 11.1. The largest absolute Gasteiger partial charge is 0.481 e. The maximum Gasteiger partial charge on any atom is 0.307 e. The third kappa shape index (κ3) is 2.37. The summed E-state index contributed by atoms with van der Waals surface area (Å²) < 4.78 is 12.8. The van der Waals surface area contributed by atoms with Gasteiger partial charge in [0.25, 0.3) is 0 Å². The second kappa shape index (κ2) is 4.51. The maximum atomic E-state index is 12.8. The van der Waals surface area contributed by atoms with Gasteiger partial charge in [-0.3, -0.25) is 4.79 Å². The van der Waals surface area contributed by atoms with E-state index < -0.39 is 17.3 Å². The van der Waals surface area contributed by atoms with Gasteiger partial charge in [0.15, 0.2) is 0 Å². The third-order valence-corrected chi connectivity index (χ3v) is 3.75. The Kier molecular flexibility index (Phi) is 3.15. The Balaban J connectivity index is 2.30. The number of allylic oxidation sites excluding steroid dienone is 1. The molecule has 1 aromatic rings. The lowest BCUT2D eigenvalue weighted by Crippen LogP contribution is -2.03. The Hall–Kier alpha value is -2.15. The van der Waals surface area contributed by atoms with Gasteiger partial charge in [-0.2, -0.15) is 5.26 Å². The Labute approximate surface area is 111 Å². The molecule has 0 unspecified atom stereocenters. The smallest absolute Gasteiger partial charge is 0.307 e. The van der Waals surface area contributed by atoms with Crippen molar-refractivity contribution in [2.75, 3.05) is 0 Å². The van der Waals surface area contributed by atoms with Crippen LogP contribution in [0.4, 0.5) is 4.39 Å². The fourth-order valence-corrected chi connectivity index (χ4v) is 2.61. The highest BCUT2D eigenvalue weighted by molar-refractivity contribution is 5.78. The maximum absolute atomic E-state index is 12.8. The number of aliphatic carboxylic acids is 1. The highest BCUT2D eigenvalue weighted by atomic mass is 19.1. The van der Waals surface area contributed by atoms with E-state index in [1.807, 2.05) is 13.8 Å². The zero-order valence-corrected chi connectivity index (χ0v) is 10.7. The molecule has 1 N–H and O–H groups in total. The number of halogens is 1. The minimum Gasteiger partial charge on any atom is -0.481 e. The molecule has 0 bridgehead atoms. The minimum absolute atomic E-state index is 0.278. The summed E-state index contributed by atoms with van der Waals surface area (Å²) >= 11 is 0. The molecule has 0 aromatic heterocycles. The highest BCUT2D eigenvalue weighted by Crippen LogP contribution is 2.61. The first-order chi connectivity index (χ1) is 8.87. The molecule has 98 valence electrons. The fourth-order valence-electron chi connectivity index (χ4n) is 2.61. The van der Waals surface area contributed by atoms with Gasteiger partial charge in [-0.25, -0.2) is 4.39 Å². The Morgan fingerprint density at radius 2 is 1.95 bits per heavy atom. The molecular formula is C15H14FNO2. The van der Waals surface area contributed by atoms with Crippen molar-refractivity contribution in [2.24, 2.45) is 17.3 Å². The topological polar surface area (TPSA) is 61.1 Å². The van der Waals surface area contributed by atoms with E-state index >= 15 is 0 Å². The average molecular weight is 259 g/mol. The Morgan fingerprint density at radius 1 is 1.37 bits per heavy atom. The lowest BCUT2D eigenvalue weighted by atomic mass is 10.0. The molecule has 0 aliphatic heterocycles. The first kappa shape index (κ1) is 13.3. The Bertz CT molecular complexity index is 581. The van der Waals surface area contributed by atoms with E-state index in [-0.39, 0.29) is 11.7 Å². The number of hydrogen-bond acceptors (Lipinski definition) is 2. The Morgan fingerprint density at radius 3 is 2.37 bits per heavy atom. The molecule has 0 spiro atoms. The van der Waals surface area contributed by atoms with Crippen LogP contribution in [0.15, 0.2) is 29.8 Å². The van der Waals surface area contributed by atoms with Crippen molar-refractivity contribution in [3.05, 3.63) is 41.2 Å². The molecule has 0 heterocycles. The summed E-state index contributed by atoms with van der Waals surface area (Å²) in [6.07, 6.45) is 1.63. The first-order valence-corrected chi connectivity index (χ1v) is 5.98. The molecule has 1 aliphatic rings. The van der Waals surface area contributed by atoms with E-state index in [0.717, 1.165) is 0 Å². The van der Waals surface area contributed by atoms with Crippen molar-refractivity contribution in [1.82, 2.24) is 0 Å². The standard InChI is InChI=1S/C15H14FNO2/c1-15(2)12(13(15)14(18)19)10(8-17)7-9-3-5-11(16)6-4-9/h3-7,12-13H,1-2H3,(H,18,19)/t12-,13+/m1/s1. The lowest BCUT2D eigenvalue weighted by molar-refractivity contribution is -0.139. The quantitative estimate of drug-likeness (QED) is 0.848. The van der Waals surface area contributed by atoms with E-state index in [4.69, 9.17) is 5.11 Å². The van der Waals surface area contributed by atoms with Crippen LogP contribution in [0.25, 0.3) is 6.08 Å². The number of carbonyl (C=O) groups is 1. The summed E-state index contributed by atoms with van der Waals surface area (Å²) in [5, 5.41) is 18.3. The number of benzene rings is 1. The van der Waals surface area contributed by atoms with Crippen molar-refractivity contribution in [3.8, 4) is 6.07 Å². The van der Waals surface area contributed by atoms with E-state index in [1.54, 1.807) is 18.2 Å². The minimum atomic E-state index is -0.879. The summed E-state index contributed by atoms with van der Waals surface area (Å²) in [6.45, 7) is 3.68. The zero-order valence-electron chi connectivity index (χ0n) is 10.7. The van der Waals surface area contributed by atoms with Crippen LogP contribution in [-0.2, 0) is 4.79 Å². The van der Waals surface area contributed by atoms with Crippen LogP contribution < -0.4 is 0 Å². The van der Waals surface area contributed by atoms with Crippen molar-refractivity contribution in [3.63, 3.8) is 0 Å². The number of nitrogens with zero attached hydrogens (tertiary/aromatic N) is 1. The predicted octanol–water partition coefficient (Wildman–Crippen LogP) is 3.09. The normalized spacial score (nSPS) is 24.6. The summed E-state index contributed by atoms with van der Waals surface area (Å²) in [5.41, 5.74) is 0.724. The molecule has 2 rings (SSSR count). The molecule has 1 aliphatic carbocycles. The van der Waals surface area contributed by atoms with Crippen LogP contribution in [0.5, 0.6) is 0 Å². The van der Waals surface area contributed by atoms with Crippen LogP contribution >= 0.6 is 0 Å². The second-order valence-electron chi connectivity index (χ2n) is 5.38. The van der Waals surface area contributed by atoms with Gasteiger partial charge < -0.3 is 5.11 Å². The van der Waals surface area contributed by atoms with Crippen LogP contribution in [0.2, 0.25) is 0 Å². The van der Waals surface area contributed by atoms with Gasteiger partial charge >= 0.3 is 5.97 Å². The van der Waals surface area contributed by atoms with Gasteiger partial charge in [0.1, 0.15) is 5.82 Å². The van der Waals surface area contributed by atoms with Crippen molar-refractivity contribution in [1.29, 1.82) is 5.26 Å². The molecule has 0 saturated heterocycles. The predicted molar refractivity (Wildman–Crippen MR) is 68.4 cm³/mol. The van der Waals surface area contributed by atoms with Crippen LogP contribution in [0.1, 0.15) is 19.4 Å². The number of rotatable bonds is 3. The van der Waals surface area contributed by atoms with E-state index in [9.17, 15) is 14.4 Å². The monoisotopic (exact) mass is 259 g/mol. The second-order valence-corrected chi connectivity index (χ2v) is 5.38. The van der Waals surface area contributed by atoms with Gasteiger partial charge in [-0.05, 0) is 29.2 Å². The van der Waals surface area contributed by atoms with Gasteiger partial charge in [-0.1, -0.05) is 26.0 Å². The number of hydrogen-bond donors (Lipinski definition) is 1. The molecule has 1 aromatic carbocycles. The van der Waals surface area contributed by atoms with Gasteiger partial charge in [0.2, 0.25) is 0 Å². The molecule has 1 fully saturated rings. The van der Waals surface area contributed by atoms with Crippen molar-refractivity contribution < 1.29 is 14.3 Å². The van der Waals surface area contributed by atoms with E-state index in [0.29, 0.717) is 11.1 Å². The lowest BCUT2D eigenvalue weighted by Gasteiger charge is -2.01. The van der Waals surface area contributed by atoms with Crippen LogP contribution in [0, 0.1) is 34.4 Å². The summed E-state index contributed by atoms with van der Waals surface area (Å²) in [5.74, 6) is -2.03. The van der Waals surface area contributed by atoms with Gasteiger partial charge in [0, 0.05) is 11.5 Å². The fraction of sp³-hybridized carbons (Fsp3) is 0.333. The molecular weight excluding hydrogens is 245 g/mol. The molecule has 3 nitrogen and oxygen atoms in total. The van der Waals surface area contributed by atoms with Crippen LogP contribution in [0.3, 0.4) is 0 Å². The average Bonchev–Trinajstić information content (AvgIpc) is 2.92. The molecule has 4 heteroatoms. The van der Waals surface area contributed by atoms with Crippen LogP contribution in [-0.4, -0.2) is 11.1 Å². The molecule has 0 amide bonds.